The zero-order valence-electron chi connectivity index (χ0n) is 10.5. The van der Waals surface area contributed by atoms with Crippen molar-refractivity contribution in [3.63, 3.8) is 0 Å². The third-order valence-electron chi connectivity index (χ3n) is 3.62. The molecule has 1 aliphatic heterocycles. The third kappa shape index (κ3) is 2.53. The first-order chi connectivity index (χ1) is 8.98. The summed E-state index contributed by atoms with van der Waals surface area (Å²) in [5.41, 5.74) is -0.656. The number of likely N-dealkylation sites (tertiary alicyclic amines) is 1. The minimum atomic E-state index is -0.854. The van der Waals surface area contributed by atoms with Crippen LogP contribution in [0.5, 0.6) is 0 Å². The fourth-order valence-corrected chi connectivity index (χ4v) is 2.35. The molecule has 1 saturated heterocycles. The number of amides is 1. The van der Waals surface area contributed by atoms with Gasteiger partial charge in [0.2, 0.25) is 0 Å². The molecule has 0 saturated carbocycles. The Balaban J connectivity index is 2.14. The lowest BCUT2D eigenvalue weighted by molar-refractivity contribution is -0.148. The summed E-state index contributed by atoms with van der Waals surface area (Å²) in [6, 6.07) is 2.98. The Bertz CT molecular complexity index is 505. The Morgan fingerprint density at radius 1 is 1.47 bits per heavy atom. The average Bonchev–Trinajstić information content (AvgIpc) is 2.84. The molecule has 2 rings (SSSR count). The molecule has 0 spiro atoms. The fraction of sp³-hybridized carbons (Fsp3) is 0.500. The highest BCUT2D eigenvalue weighted by Crippen LogP contribution is 2.34. The molecule has 1 fully saturated rings. The van der Waals surface area contributed by atoms with Gasteiger partial charge in [-0.25, -0.2) is 0 Å². The predicted molar refractivity (Wildman–Crippen MR) is 67.9 cm³/mol. The molecule has 102 valence electrons. The lowest BCUT2D eigenvalue weighted by Gasteiger charge is -2.22. The van der Waals surface area contributed by atoms with Crippen LogP contribution in [-0.2, 0) is 4.79 Å². The van der Waals surface area contributed by atoms with E-state index in [1.54, 1.807) is 0 Å². The quantitative estimate of drug-likeness (QED) is 0.908. The van der Waals surface area contributed by atoms with Crippen molar-refractivity contribution in [3.05, 3.63) is 23.0 Å². The molecule has 6 nitrogen and oxygen atoms in total. The van der Waals surface area contributed by atoms with E-state index < -0.39 is 11.4 Å². The van der Waals surface area contributed by atoms with Crippen LogP contribution in [0.15, 0.2) is 12.1 Å². The summed E-state index contributed by atoms with van der Waals surface area (Å²) in [7, 11) is 0. The van der Waals surface area contributed by atoms with E-state index in [1.807, 2.05) is 6.92 Å². The van der Waals surface area contributed by atoms with E-state index in [-0.39, 0.29) is 23.3 Å². The Hall–Kier alpha value is -1.69. The number of aromatic nitrogens is 2. The maximum atomic E-state index is 12.2. The molecule has 7 heteroatoms. The molecule has 1 aromatic rings. The van der Waals surface area contributed by atoms with Crippen molar-refractivity contribution in [2.75, 3.05) is 13.1 Å². The monoisotopic (exact) mass is 283 g/mol. The van der Waals surface area contributed by atoms with Gasteiger partial charge < -0.3 is 10.0 Å². The number of carboxylic acid groups (broad SMARTS) is 1. The smallest absolute Gasteiger partial charge is 0.311 e. The largest absolute Gasteiger partial charge is 0.481 e. The van der Waals surface area contributed by atoms with Gasteiger partial charge >= 0.3 is 5.97 Å². The highest BCUT2D eigenvalue weighted by atomic mass is 35.5. The number of carbonyl (C=O) groups excluding carboxylic acids is 1. The fourth-order valence-electron chi connectivity index (χ4n) is 2.25. The molecule has 1 atom stereocenters. The normalized spacial score (nSPS) is 22.5. The second-order valence-corrected chi connectivity index (χ2v) is 5.04. The van der Waals surface area contributed by atoms with Crippen LogP contribution in [0.4, 0.5) is 0 Å². The van der Waals surface area contributed by atoms with Crippen LogP contribution >= 0.6 is 11.6 Å². The van der Waals surface area contributed by atoms with Crippen molar-refractivity contribution in [2.45, 2.75) is 19.8 Å². The minimum Gasteiger partial charge on any atom is -0.481 e. The van der Waals surface area contributed by atoms with Crippen molar-refractivity contribution >= 4 is 23.5 Å². The SMILES string of the molecule is CCC1(C(=O)O)CCN(C(=O)c2ccc(Cl)nn2)C1. The molecule has 1 unspecified atom stereocenters. The molecule has 0 bridgehead atoms. The first kappa shape index (κ1) is 13.7. The van der Waals surface area contributed by atoms with Crippen LogP contribution in [0.25, 0.3) is 0 Å². The minimum absolute atomic E-state index is 0.182. The van der Waals surface area contributed by atoms with E-state index in [0.717, 1.165) is 0 Å². The van der Waals surface area contributed by atoms with Gasteiger partial charge in [0.15, 0.2) is 10.8 Å². The van der Waals surface area contributed by atoms with Crippen molar-refractivity contribution in [2.24, 2.45) is 5.41 Å². The summed E-state index contributed by atoms with van der Waals surface area (Å²) in [4.78, 5) is 25.0. The van der Waals surface area contributed by atoms with Crippen LogP contribution in [0, 0.1) is 5.41 Å². The van der Waals surface area contributed by atoms with Crippen molar-refractivity contribution in [3.8, 4) is 0 Å². The van der Waals surface area contributed by atoms with Crippen LogP contribution < -0.4 is 0 Å². The van der Waals surface area contributed by atoms with Gasteiger partial charge in [0.25, 0.3) is 5.91 Å². The second-order valence-electron chi connectivity index (χ2n) is 4.66. The summed E-state index contributed by atoms with van der Waals surface area (Å²) in [6.45, 7) is 2.45. The van der Waals surface area contributed by atoms with Gasteiger partial charge in [-0.2, -0.15) is 0 Å². The number of hydrogen-bond donors (Lipinski definition) is 1. The van der Waals surface area contributed by atoms with Crippen LogP contribution in [0.3, 0.4) is 0 Å². The van der Waals surface area contributed by atoms with Gasteiger partial charge in [-0.3, -0.25) is 9.59 Å². The maximum Gasteiger partial charge on any atom is 0.311 e. The number of carboxylic acids is 1. The zero-order valence-corrected chi connectivity index (χ0v) is 11.2. The van der Waals surface area contributed by atoms with Gasteiger partial charge in [-0.1, -0.05) is 18.5 Å². The molecule has 19 heavy (non-hydrogen) atoms. The summed E-state index contributed by atoms with van der Waals surface area (Å²) in [5, 5.41) is 16.8. The number of rotatable bonds is 3. The van der Waals surface area contributed by atoms with Crippen LogP contribution in [0.1, 0.15) is 30.3 Å². The number of hydrogen-bond acceptors (Lipinski definition) is 4. The molecule has 2 heterocycles. The van der Waals surface area contributed by atoms with E-state index in [9.17, 15) is 14.7 Å². The molecular formula is C12H14ClN3O3. The average molecular weight is 284 g/mol. The Morgan fingerprint density at radius 3 is 2.68 bits per heavy atom. The van der Waals surface area contributed by atoms with E-state index >= 15 is 0 Å². The van der Waals surface area contributed by atoms with Gasteiger partial charge in [-0.15, -0.1) is 10.2 Å². The molecular weight excluding hydrogens is 270 g/mol. The predicted octanol–water partition coefficient (Wildman–Crippen LogP) is 1.46. The first-order valence-electron chi connectivity index (χ1n) is 6.00. The topological polar surface area (TPSA) is 83.4 Å². The van der Waals surface area contributed by atoms with Crippen LogP contribution in [-0.4, -0.2) is 45.2 Å². The lowest BCUT2D eigenvalue weighted by Crippen LogP contribution is -2.36. The van der Waals surface area contributed by atoms with Crippen molar-refractivity contribution in [1.82, 2.24) is 15.1 Å². The molecule has 1 aromatic heterocycles. The highest BCUT2D eigenvalue weighted by molar-refractivity contribution is 6.29. The molecule has 0 aliphatic carbocycles. The Kier molecular flexibility index (Phi) is 3.71. The third-order valence-corrected chi connectivity index (χ3v) is 3.82. The highest BCUT2D eigenvalue weighted by Gasteiger charge is 2.45. The maximum absolute atomic E-state index is 12.2. The molecule has 0 radical (unpaired) electrons. The van der Waals surface area contributed by atoms with Gasteiger partial charge in [0.05, 0.1) is 5.41 Å². The molecule has 1 amide bonds. The number of nitrogens with zero attached hydrogens (tertiary/aromatic N) is 3. The van der Waals surface area contributed by atoms with Crippen molar-refractivity contribution in [1.29, 1.82) is 0 Å². The van der Waals surface area contributed by atoms with Gasteiger partial charge in [0.1, 0.15) is 0 Å². The number of aliphatic carboxylic acids is 1. The summed E-state index contributed by atoms with van der Waals surface area (Å²) in [5.74, 6) is -1.16. The lowest BCUT2D eigenvalue weighted by atomic mass is 9.84. The Labute approximate surface area is 115 Å². The van der Waals surface area contributed by atoms with E-state index in [0.29, 0.717) is 19.4 Å². The summed E-state index contributed by atoms with van der Waals surface area (Å²) in [6.07, 6.45) is 0.962. The standard InChI is InChI=1S/C12H14ClN3O3/c1-2-12(11(18)19)5-6-16(7-12)10(17)8-3-4-9(13)15-14-8/h3-4H,2,5-7H2,1H3,(H,18,19). The molecule has 1 N–H and O–H groups in total. The Morgan fingerprint density at radius 2 is 2.21 bits per heavy atom. The van der Waals surface area contributed by atoms with Crippen molar-refractivity contribution < 1.29 is 14.7 Å². The van der Waals surface area contributed by atoms with E-state index in [1.165, 1.54) is 17.0 Å². The number of carbonyl (C=O) groups is 2. The molecule has 1 aliphatic rings. The summed E-state index contributed by atoms with van der Waals surface area (Å²) < 4.78 is 0. The second kappa shape index (κ2) is 5.13. The van der Waals surface area contributed by atoms with Crippen LogP contribution in [0.2, 0.25) is 5.15 Å². The van der Waals surface area contributed by atoms with E-state index in [4.69, 9.17) is 11.6 Å². The summed E-state index contributed by atoms with van der Waals surface area (Å²) >= 11 is 5.61. The first-order valence-corrected chi connectivity index (χ1v) is 6.38. The van der Waals surface area contributed by atoms with Gasteiger partial charge in [0, 0.05) is 13.1 Å². The van der Waals surface area contributed by atoms with E-state index in [2.05, 4.69) is 10.2 Å². The zero-order chi connectivity index (χ0) is 14.0. The van der Waals surface area contributed by atoms with Gasteiger partial charge in [-0.05, 0) is 25.0 Å². The molecule has 0 aromatic carbocycles. The number of halogens is 1.